The van der Waals surface area contributed by atoms with Gasteiger partial charge in [-0.1, -0.05) is 0 Å². The van der Waals surface area contributed by atoms with Crippen LogP contribution in [0.5, 0.6) is 0 Å². The average Bonchev–Trinajstić information content (AvgIpc) is 2.68. The van der Waals surface area contributed by atoms with E-state index < -0.39 is 30.8 Å². The Bertz CT molecular complexity index is 881. The van der Waals surface area contributed by atoms with Gasteiger partial charge in [0.15, 0.2) is 0 Å². The molecule has 160 valence electrons. The monoisotopic (exact) mass is 530 g/mol. The van der Waals surface area contributed by atoms with Crippen molar-refractivity contribution in [3.63, 3.8) is 0 Å². The Balaban J connectivity index is 1.88. The van der Waals surface area contributed by atoms with E-state index in [1.165, 1.54) is 6.42 Å². The van der Waals surface area contributed by atoms with E-state index in [9.17, 15) is 8.42 Å². The molecule has 0 amide bonds. The van der Waals surface area contributed by atoms with Crippen LogP contribution >= 0.6 is 20.6 Å². The van der Waals surface area contributed by atoms with Crippen LogP contribution in [0.4, 0.5) is 0 Å². The first-order valence-corrected chi connectivity index (χ1v) is 14.4. The number of halogens is 1. The van der Waals surface area contributed by atoms with Gasteiger partial charge in [-0.2, -0.15) is 0 Å². The van der Waals surface area contributed by atoms with Crippen LogP contribution in [0, 0.1) is 28.2 Å². The van der Waals surface area contributed by atoms with Crippen molar-refractivity contribution in [2.45, 2.75) is 58.0 Å². The molecule has 6 heteroatoms. The normalized spacial score (nSPS) is 23.2. The first-order valence-electron chi connectivity index (χ1n) is 10.2. The van der Waals surface area contributed by atoms with Crippen LogP contribution in [0.15, 0.2) is 59.5 Å². The molecule has 3 atom stereocenters. The van der Waals surface area contributed by atoms with E-state index in [0.29, 0.717) is 17.8 Å². The van der Waals surface area contributed by atoms with Crippen molar-refractivity contribution in [1.29, 1.82) is 0 Å². The summed E-state index contributed by atoms with van der Waals surface area (Å²) in [6.45, 7) is 8.63. The van der Waals surface area contributed by atoms with Crippen molar-refractivity contribution >= 4 is 30.8 Å². The molecule has 0 saturated heterocycles. The summed E-state index contributed by atoms with van der Waals surface area (Å²) in [6.07, 6.45) is 3.31. The zero-order valence-electron chi connectivity index (χ0n) is 17.5. The molecule has 2 aromatic carbocycles. The van der Waals surface area contributed by atoms with Crippen molar-refractivity contribution in [1.82, 2.24) is 0 Å². The number of rotatable bonds is 7. The van der Waals surface area contributed by atoms with Gasteiger partial charge in [0.05, 0.1) is 0 Å². The fourth-order valence-corrected chi connectivity index (χ4v) is 9.82. The summed E-state index contributed by atoms with van der Waals surface area (Å²) in [5.41, 5.74) is 1.01. The summed E-state index contributed by atoms with van der Waals surface area (Å²) in [4.78, 5) is 0.183. The minimum atomic E-state index is -3.88. The number of benzene rings is 2. The maximum absolute atomic E-state index is 13.0. The average molecular weight is 530 g/mol. The Hall–Kier alpha value is -0.960. The molecule has 1 fully saturated rings. The molecule has 4 nitrogen and oxygen atoms in total. The van der Waals surface area contributed by atoms with E-state index >= 15 is 0 Å². The Labute approximate surface area is 183 Å². The molecule has 1 saturated carbocycles. The van der Waals surface area contributed by atoms with E-state index in [4.69, 9.17) is 5.58 Å². The van der Waals surface area contributed by atoms with E-state index in [0.717, 1.165) is 22.0 Å². The van der Waals surface area contributed by atoms with Gasteiger partial charge in [-0.05, 0) is 0 Å². The van der Waals surface area contributed by atoms with E-state index in [1.54, 1.807) is 24.3 Å². The van der Waals surface area contributed by atoms with Gasteiger partial charge in [0.2, 0.25) is 0 Å². The van der Waals surface area contributed by atoms with E-state index in [-0.39, 0.29) is 11.0 Å². The molecule has 0 radical (unpaired) electrons. The zero-order valence-corrected chi connectivity index (χ0v) is 20.5. The maximum atomic E-state index is 13.0. The summed E-state index contributed by atoms with van der Waals surface area (Å²) >= 11 is -2.89. The van der Waals surface area contributed by atoms with Crippen LogP contribution in [-0.2, 0) is 15.7 Å². The topological polar surface area (TPSA) is 52.6 Å². The van der Waals surface area contributed by atoms with Crippen molar-refractivity contribution in [2.75, 3.05) is 0 Å². The summed E-state index contributed by atoms with van der Waals surface area (Å²) in [5, 5.41) is 0. The van der Waals surface area contributed by atoms with E-state index in [2.05, 4.69) is 20.8 Å². The van der Waals surface area contributed by atoms with Gasteiger partial charge in [0, 0.05) is 0 Å². The number of hydrogen-bond acceptors (Lipinski definition) is 4. The molecule has 0 unspecified atom stereocenters. The molecule has 0 aliphatic heterocycles. The van der Waals surface area contributed by atoms with Gasteiger partial charge in [-0.25, -0.2) is 0 Å². The molecule has 1 aliphatic rings. The van der Waals surface area contributed by atoms with Crippen LogP contribution in [0.3, 0.4) is 0 Å². The van der Waals surface area contributed by atoms with Gasteiger partial charge >= 0.3 is 184 Å². The third kappa shape index (κ3) is 6.03. The predicted octanol–water partition coefficient (Wildman–Crippen LogP) is 6.38. The summed E-state index contributed by atoms with van der Waals surface area (Å²) in [6, 6.07) is 16.4. The van der Waals surface area contributed by atoms with Crippen LogP contribution in [-0.4, -0.2) is 14.5 Å². The molecular weight excluding hydrogens is 499 g/mol. The molecular formula is C23H31IO4S. The SMILES string of the molecule is Cc1ccc(S(=O)(=O)OI(O[C@H]2C[C@@H](C)CC[C@@H]2C(C)C)c2ccccc2)cc1. The van der Waals surface area contributed by atoms with Gasteiger partial charge in [-0.15, -0.1) is 0 Å². The molecule has 1 aliphatic carbocycles. The Morgan fingerprint density at radius 2 is 1.66 bits per heavy atom. The second-order valence-electron chi connectivity index (χ2n) is 8.30. The molecule has 0 N–H and O–H groups in total. The molecule has 0 spiro atoms. The minimum absolute atomic E-state index is 0.0392. The zero-order chi connectivity index (χ0) is 21.0. The van der Waals surface area contributed by atoms with Gasteiger partial charge < -0.3 is 0 Å². The van der Waals surface area contributed by atoms with Crippen molar-refractivity contribution < 1.29 is 14.0 Å². The molecule has 2 aromatic rings. The van der Waals surface area contributed by atoms with Gasteiger partial charge in [0.1, 0.15) is 0 Å². The second kappa shape index (κ2) is 9.90. The molecule has 0 bridgehead atoms. The summed E-state index contributed by atoms with van der Waals surface area (Å²) in [5.74, 6) is 1.51. The van der Waals surface area contributed by atoms with Crippen LogP contribution in [0.1, 0.15) is 45.6 Å². The third-order valence-corrected chi connectivity index (χ3v) is 11.9. The van der Waals surface area contributed by atoms with Crippen molar-refractivity contribution in [3.05, 3.63) is 63.7 Å². The van der Waals surface area contributed by atoms with Gasteiger partial charge in [-0.3, -0.25) is 0 Å². The Morgan fingerprint density at radius 1 is 1.00 bits per heavy atom. The first-order chi connectivity index (χ1) is 13.8. The van der Waals surface area contributed by atoms with Crippen molar-refractivity contribution in [2.24, 2.45) is 17.8 Å². The summed E-state index contributed by atoms with van der Waals surface area (Å²) in [7, 11) is -3.88. The molecule has 0 heterocycles. The fourth-order valence-electron chi connectivity index (χ4n) is 3.76. The van der Waals surface area contributed by atoms with Crippen LogP contribution in [0.25, 0.3) is 0 Å². The van der Waals surface area contributed by atoms with Crippen LogP contribution < -0.4 is 0 Å². The van der Waals surface area contributed by atoms with Gasteiger partial charge in [0.25, 0.3) is 0 Å². The Kier molecular flexibility index (Phi) is 7.75. The Morgan fingerprint density at radius 3 is 2.28 bits per heavy atom. The first kappa shape index (κ1) is 22.7. The summed E-state index contributed by atoms with van der Waals surface area (Å²) < 4.78 is 39.2. The molecule has 3 rings (SSSR count). The quantitative estimate of drug-likeness (QED) is 0.390. The van der Waals surface area contributed by atoms with Crippen LogP contribution in [0.2, 0.25) is 0 Å². The number of hydrogen-bond donors (Lipinski definition) is 0. The molecule has 29 heavy (non-hydrogen) atoms. The number of aryl methyl sites for hydroxylation is 1. The standard InChI is InChI=1S/C23H31IO4S/c1-17(2)22-15-12-19(4)16-23(22)27-24(20-8-6-5-7-9-20)28-29(25,26)21-13-10-18(3)11-14-21/h5-11,13-14,17,19,22-23H,12,15-16H2,1-4H3/t19-,22+,23-/m0/s1. The fraction of sp³-hybridized carbons (Fsp3) is 0.478. The second-order valence-corrected chi connectivity index (χ2v) is 13.9. The van der Waals surface area contributed by atoms with Crippen molar-refractivity contribution in [3.8, 4) is 0 Å². The predicted molar refractivity (Wildman–Crippen MR) is 125 cm³/mol. The third-order valence-electron chi connectivity index (χ3n) is 5.52. The molecule has 0 aromatic heterocycles. The van der Waals surface area contributed by atoms with E-state index in [1.807, 2.05) is 37.3 Å².